The number of nitrogens with zero attached hydrogens (tertiary/aromatic N) is 1. The normalized spacial score (nSPS) is 18.4. The van der Waals surface area contributed by atoms with Crippen molar-refractivity contribution in [3.63, 3.8) is 0 Å². The number of benzene rings is 2. The highest BCUT2D eigenvalue weighted by Crippen LogP contribution is 2.41. The van der Waals surface area contributed by atoms with E-state index in [1.54, 1.807) is 16.4 Å². The van der Waals surface area contributed by atoms with Crippen molar-refractivity contribution in [1.82, 2.24) is 4.31 Å². The summed E-state index contributed by atoms with van der Waals surface area (Å²) in [5.74, 6) is 0.702. The highest BCUT2D eigenvalue weighted by molar-refractivity contribution is 7.89. The smallest absolute Gasteiger partial charge is 0.207 e. The Kier molecular flexibility index (Phi) is 3.13. The van der Waals surface area contributed by atoms with E-state index in [0.29, 0.717) is 23.9 Å². The van der Waals surface area contributed by atoms with Crippen molar-refractivity contribution in [2.75, 3.05) is 0 Å². The third-order valence-corrected chi connectivity index (χ3v) is 6.44. The van der Waals surface area contributed by atoms with Crippen LogP contribution in [0.5, 0.6) is 0 Å². The minimum Gasteiger partial charge on any atom is -0.207 e. The van der Waals surface area contributed by atoms with E-state index in [2.05, 4.69) is 18.2 Å². The van der Waals surface area contributed by atoms with Crippen LogP contribution >= 0.6 is 0 Å². The standard InChI is InChI=1S/C18H19NO2S/c1-13-2-8-18(9-3-13)22(20,21)19-11-16-7-6-15(14-4-5-14)10-17(16)12-19/h2-3,6-10,14H,4-5,11-12H2,1H3. The van der Waals surface area contributed by atoms with Crippen molar-refractivity contribution in [3.05, 3.63) is 64.7 Å². The molecule has 0 atom stereocenters. The first-order valence-corrected chi connectivity index (χ1v) is 9.16. The van der Waals surface area contributed by atoms with Crippen LogP contribution in [-0.2, 0) is 23.1 Å². The number of fused-ring (bicyclic) bond motifs is 1. The largest absolute Gasteiger partial charge is 0.243 e. The molecule has 1 saturated carbocycles. The lowest BCUT2D eigenvalue weighted by Crippen LogP contribution is -2.25. The molecule has 0 saturated heterocycles. The Morgan fingerprint density at radius 1 is 0.955 bits per heavy atom. The monoisotopic (exact) mass is 313 g/mol. The molecule has 0 amide bonds. The minimum absolute atomic E-state index is 0.383. The maximum atomic E-state index is 12.8. The summed E-state index contributed by atoms with van der Waals surface area (Å²) in [6, 6.07) is 13.6. The Labute approximate surface area is 131 Å². The molecule has 1 aliphatic carbocycles. The number of rotatable bonds is 3. The number of sulfonamides is 1. The van der Waals surface area contributed by atoms with Crippen LogP contribution in [0.15, 0.2) is 47.4 Å². The Morgan fingerprint density at radius 3 is 2.32 bits per heavy atom. The predicted octanol–water partition coefficient (Wildman–Crippen LogP) is 3.58. The fourth-order valence-corrected chi connectivity index (χ4v) is 4.48. The van der Waals surface area contributed by atoms with Crippen LogP contribution < -0.4 is 0 Å². The van der Waals surface area contributed by atoms with Gasteiger partial charge in [-0.15, -0.1) is 0 Å². The van der Waals surface area contributed by atoms with E-state index >= 15 is 0 Å². The van der Waals surface area contributed by atoms with Gasteiger partial charge >= 0.3 is 0 Å². The summed E-state index contributed by atoms with van der Waals surface area (Å²) in [5.41, 5.74) is 4.74. The van der Waals surface area contributed by atoms with Gasteiger partial charge in [0.2, 0.25) is 10.0 Å². The van der Waals surface area contributed by atoms with Crippen LogP contribution in [0.1, 0.15) is 41.0 Å². The van der Waals surface area contributed by atoms with Crippen LogP contribution in [0.2, 0.25) is 0 Å². The molecule has 2 aromatic carbocycles. The van der Waals surface area contributed by atoms with Gasteiger partial charge in [-0.2, -0.15) is 4.31 Å². The molecule has 3 nitrogen and oxygen atoms in total. The lowest BCUT2D eigenvalue weighted by atomic mass is 10.0. The van der Waals surface area contributed by atoms with Crippen molar-refractivity contribution in [3.8, 4) is 0 Å². The van der Waals surface area contributed by atoms with Gasteiger partial charge < -0.3 is 0 Å². The lowest BCUT2D eigenvalue weighted by Gasteiger charge is -2.15. The molecule has 0 bridgehead atoms. The third-order valence-electron chi connectivity index (χ3n) is 4.63. The highest BCUT2D eigenvalue weighted by atomic mass is 32.2. The summed E-state index contributed by atoms with van der Waals surface area (Å²) in [7, 11) is -3.41. The molecule has 114 valence electrons. The van der Waals surface area contributed by atoms with Gasteiger partial charge in [0, 0.05) is 13.1 Å². The lowest BCUT2D eigenvalue weighted by molar-refractivity contribution is 0.431. The molecule has 2 aliphatic rings. The zero-order chi connectivity index (χ0) is 15.3. The van der Waals surface area contributed by atoms with Crippen molar-refractivity contribution in [2.45, 2.75) is 43.7 Å². The van der Waals surface area contributed by atoms with E-state index in [9.17, 15) is 8.42 Å². The van der Waals surface area contributed by atoms with Crippen LogP contribution in [0, 0.1) is 6.92 Å². The number of hydrogen-bond acceptors (Lipinski definition) is 2. The molecule has 22 heavy (non-hydrogen) atoms. The van der Waals surface area contributed by atoms with E-state index in [4.69, 9.17) is 0 Å². The minimum atomic E-state index is -3.41. The maximum absolute atomic E-state index is 12.8. The Bertz CT molecular complexity index is 821. The number of hydrogen-bond donors (Lipinski definition) is 0. The second kappa shape index (κ2) is 4.93. The average molecular weight is 313 g/mol. The molecule has 4 rings (SSSR count). The molecule has 4 heteroatoms. The highest BCUT2D eigenvalue weighted by Gasteiger charge is 2.32. The Hall–Kier alpha value is -1.65. The van der Waals surface area contributed by atoms with Crippen LogP contribution in [0.4, 0.5) is 0 Å². The van der Waals surface area contributed by atoms with Gasteiger partial charge in [0.1, 0.15) is 0 Å². The van der Waals surface area contributed by atoms with E-state index < -0.39 is 10.0 Å². The van der Waals surface area contributed by atoms with Gasteiger partial charge in [-0.05, 0) is 54.5 Å². The third kappa shape index (κ3) is 2.36. The molecule has 0 radical (unpaired) electrons. The maximum Gasteiger partial charge on any atom is 0.243 e. The van der Waals surface area contributed by atoms with E-state index in [1.165, 1.54) is 24.0 Å². The summed E-state index contributed by atoms with van der Waals surface area (Å²) >= 11 is 0. The van der Waals surface area contributed by atoms with Crippen molar-refractivity contribution in [2.24, 2.45) is 0 Å². The van der Waals surface area contributed by atoms with Gasteiger partial charge in [-0.3, -0.25) is 0 Å². The van der Waals surface area contributed by atoms with E-state index in [-0.39, 0.29) is 0 Å². The molecule has 1 heterocycles. The molecular formula is C18H19NO2S. The van der Waals surface area contributed by atoms with Gasteiger partial charge in [0.25, 0.3) is 0 Å². The molecule has 1 aliphatic heterocycles. The zero-order valence-corrected chi connectivity index (χ0v) is 13.4. The Balaban J connectivity index is 1.63. The second-order valence-electron chi connectivity index (χ2n) is 6.39. The average Bonchev–Trinajstić information content (AvgIpc) is 3.26. The quantitative estimate of drug-likeness (QED) is 0.868. The molecule has 0 spiro atoms. The molecule has 0 N–H and O–H groups in total. The van der Waals surface area contributed by atoms with Gasteiger partial charge in [-0.1, -0.05) is 35.9 Å². The fraction of sp³-hybridized carbons (Fsp3) is 0.333. The number of aryl methyl sites for hydroxylation is 1. The first-order valence-electron chi connectivity index (χ1n) is 7.72. The summed E-state index contributed by atoms with van der Waals surface area (Å²) in [4.78, 5) is 0.383. The summed E-state index contributed by atoms with van der Waals surface area (Å²) < 4.78 is 27.1. The van der Waals surface area contributed by atoms with Crippen molar-refractivity contribution in [1.29, 1.82) is 0 Å². The molecule has 0 unspecified atom stereocenters. The topological polar surface area (TPSA) is 37.4 Å². The molecular weight excluding hydrogens is 294 g/mol. The summed E-state index contributed by atoms with van der Waals surface area (Å²) in [5, 5.41) is 0. The molecule has 1 fully saturated rings. The molecule has 0 aromatic heterocycles. The zero-order valence-electron chi connectivity index (χ0n) is 12.6. The first kappa shape index (κ1) is 14.0. The van der Waals surface area contributed by atoms with Gasteiger partial charge in [-0.25, -0.2) is 8.42 Å². The van der Waals surface area contributed by atoms with E-state index in [0.717, 1.165) is 11.1 Å². The van der Waals surface area contributed by atoms with Crippen LogP contribution in [-0.4, -0.2) is 12.7 Å². The fourth-order valence-electron chi connectivity index (χ4n) is 3.08. The van der Waals surface area contributed by atoms with Crippen molar-refractivity contribution >= 4 is 10.0 Å². The first-order chi connectivity index (χ1) is 10.5. The van der Waals surface area contributed by atoms with Crippen LogP contribution in [0.3, 0.4) is 0 Å². The van der Waals surface area contributed by atoms with Crippen molar-refractivity contribution < 1.29 is 8.42 Å². The molecule has 2 aromatic rings. The van der Waals surface area contributed by atoms with E-state index in [1.807, 2.05) is 19.1 Å². The SMILES string of the molecule is Cc1ccc(S(=O)(=O)N2Cc3ccc(C4CC4)cc3C2)cc1. The second-order valence-corrected chi connectivity index (χ2v) is 8.33. The van der Waals surface area contributed by atoms with Crippen LogP contribution in [0.25, 0.3) is 0 Å². The summed E-state index contributed by atoms with van der Waals surface area (Å²) in [6.45, 7) is 2.93. The Morgan fingerprint density at radius 2 is 1.64 bits per heavy atom. The predicted molar refractivity (Wildman–Crippen MR) is 86.0 cm³/mol. The van der Waals surface area contributed by atoms with Gasteiger partial charge in [0.15, 0.2) is 0 Å². The van der Waals surface area contributed by atoms with Gasteiger partial charge in [0.05, 0.1) is 4.90 Å². The summed E-state index contributed by atoms with van der Waals surface area (Å²) in [6.07, 6.45) is 2.54.